The summed E-state index contributed by atoms with van der Waals surface area (Å²) in [5.41, 5.74) is 5.21. The molecule has 2 fully saturated rings. The Labute approximate surface area is 161 Å². The number of ketones is 2. The van der Waals surface area contributed by atoms with Crippen molar-refractivity contribution in [2.45, 2.75) is 31.2 Å². The van der Waals surface area contributed by atoms with Gasteiger partial charge >= 0.3 is 6.09 Å². The molecule has 2 saturated heterocycles. The van der Waals surface area contributed by atoms with Crippen LogP contribution in [0.5, 0.6) is 0 Å². The van der Waals surface area contributed by atoms with Crippen LogP contribution < -0.4 is 16.4 Å². The Morgan fingerprint density at radius 3 is 2.86 bits per heavy atom. The van der Waals surface area contributed by atoms with Crippen LogP contribution in [0.15, 0.2) is 22.5 Å². The van der Waals surface area contributed by atoms with Gasteiger partial charge < -0.3 is 30.7 Å². The molecule has 3 heterocycles. The molecule has 3 aliphatic heterocycles. The van der Waals surface area contributed by atoms with Crippen LogP contribution in [0.2, 0.25) is 0 Å². The Bertz CT molecular complexity index is 887. The van der Waals surface area contributed by atoms with Crippen LogP contribution >= 0.6 is 0 Å². The number of fused-ring (bicyclic) bond motifs is 4. The number of allylic oxidation sites excluding steroid dienone is 2. The van der Waals surface area contributed by atoms with E-state index < -0.39 is 17.7 Å². The van der Waals surface area contributed by atoms with Gasteiger partial charge in [-0.15, -0.1) is 0 Å². The van der Waals surface area contributed by atoms with E-state index in [-0.39, 0.29) is 54.5 Å². The molecule has 4 atom stereocenters. The number of piperazine rings is 1. The lowest BCUT2D eigenvalue weighted by Crippen LogP contribution is -2.55. The van der Waals surface area contributed by atoms with Crippen LogP contribution in [0, 0.1) is 17.2 Å². The van der Waals surface area contributed by atoms with E-state index in [1.165, 1.54) is 7.11 Å². The van der Waals surface area contributed by atoms with E-state index in [9.17, 15) is 14.4 Å². The molecule has 0 radical (unpaired) electrons. The van der Waals surface area contributed by atoms with Crippen LogP contribution in [0.25, 0.3) is 0 Å². The molecule has 0 aromatic heterocycles. The van der Waals surface area contributed by atoms with E-state index >= 15 is 0 Å². The topological polar surface area (TPSA) is 157 Å². The third-order valence-corrected chi connectivity index (χ3v) is 5.97. The smallest absolute Gasteiger partial charge is 0.404 e. The summed E-state index contributed by atoms with van der Waals surface area (Å²) in [7, 11) is 1.52. The molecular weight excluding hydrogens is 366 g/mol. The molecule has 10 nitrogen and oxygen atoms in total. The predicted octanol–water partition coefficient (Wildman–Crippen LogP) is -1.11. The van der Waals surface area contributed by atoms with Gasteiger partial charge in [-0.1, -0.05) is 0 Å². The molecule has 4 N–H and O–H groups in total. The number of nitrogens with two attached hydrogens (primary N) is 1. The molecule has 0 saturated carbocycles. The summed E-state index contributed by atoms with van der Waals surface area (Å²) in [6.45, 7) is 2.19. The summed E-state index contributed by atoms with van der Waals surface area (Å²) in [5, 5.41) is 15.0. The summed E-state index contributed by atoms with van der Waals surface area (Å²) >= 11 is 0. The fourth-order valence-corrected chi connectivity index (χ4v) is 4.75. The monoisotopic (exact) mass is 387 g/mol. The highest BCUT2D eigenvalue weighted by molar-refractivity contribution is 6.25. The Morgan fingerprint density at radius 1 is 1.46 bits per heavy atom. The van der Waals surface area contributed by atoms with E-state index in [0.29, 0.717) is 17.8 Å². The highest BCUT2D eigenvalue weighted by atomic mass is 16.6. The van der Waals surface area contributed by atoms with E-state index in [1.807, 2.05) is 11.0 Å². The minimum atomic E-state index is -0.988. The SMILES string of the molecule is COC12C(COC(N)=O)C3=C(C(=O)C(C)=C(NCCC#N)C3=O)N1CC1NC12. The van der Waals surface area contributed by atoms with Gasteiger partial charge in [-0.05, 0) is 6.92 Å². The minimum absolute atomic E-state index is 0.0829. The number of carbonyl (C=O) groups is 3. The highest BCUT2D eigenvalue weighted by Crippen LogP contribution is 2.55. The van der Waals surface area contributed by atoms with E-state index in [0.717, 1.165) is 0 Å². The van der Waals surface area contributed by atoms with Crippen molar-refractivity contribution in [1.29, 1.82) is 5.26 Å². The summed E-state index contributed by atoms with van der Waals surface area (Å²) in [5.74, 6) is -1.27. The first-order valence-electron chi connectivity index (χ1n) is 9.04. The average Bonchev–Trinajstić information content (AvgIpc) is 3.27. The van der Waals surface area contributed by atoms with Gasteiger partial charge in [0.2, 0.25) is 11.6 Å². The van der Waals surface area contributed by atoms with Crippen molar-refractivity contribution >= 4 is 17.7 Å². The maximum Gasteiger partial charge on any atom is 0.404 e. The normalized spacial score (nSPS) is 32.8. The quantitative estimate of drug-likeness (QED) is 0.292. The number of ether oxygens (including phenoxy) is 2. The van der Waals surface area contributed by atoms with Crippen molar-refractivity contribution in [2.24, 2.45) is 11.7 Å². The van der Waals surface area contributed by atoms with Gasteiger partial charge in [0.25, 0.3) is 0 Å². The summed E-state index contributed by atoms with van der Waals surface area (Å²) in [6, 6.07) is 2.06. The van der Waals surface area contributed by atoms with Crippen molar-refractivity contribution in [1.82, 2.24) is 15.5 Å². The van der Waals surface area contributed by atoms with Gasteiger partial charge in [0.05, 0.1) is 35.8 Å². The standard InChI is InChI=1S/C18H21N5O5/c1-8-12(21-5-3-4-19)15(25)11-9(7-28-17(20)26)18(27-2)16-10(22-16)6-23(18)13(11)14(8)24/h9-10,16,21-22H,3,5-7H2,1-2H3,(H2,20,26). The second-order valence-electron chi connectivity index (χ2n) is 7.26. The summed E-state index contributed by atoms with van der Waals surface area (Å²) in [6.07, 6.45) is -0.765. The molecular formula is C18H21N5O5. The first kappa shape index (κ1) is 18.5. The Kier molecular flexibility index (Phi) is 4.17. The van der Waals surface area contributed by atoms with Gasteiger partial charge in [0.1, 0.15) is 6.61 Å². The molecule has 28 heavy (non-hydrogen) atoms. The summed E-state index contributed by atoms with van der Waals surface area (Å²) in [4.78, 5) is 39.6. The van der Waals surface area contributed by atoms with Crippen LogP contribution in [0.1, 0.15) is 13.3 Å². The van der Waals surface area contributed by atoms with Crippen LogP contribution in [0.4, 0.5) is 4.79 Å². The molecule has 0 aromatic rings. The number of hydrogen-bond acceptors (Lipinski definition) is 9. The van der Waals surface area contributed by atoms with E-state index in [1.54, 1.807) is 6.92 Å². The number of Topliss-reactive ketones (excluding diaryl/α,β-unsaturated/α-hetero) is 2. The van der Waals surface area contributed by atoms with Crippen LogP contribution in [-0.2, 0) is 19.1 Å². The van der Waals surface area contributed by atoms with Crippen molar-refractivity contribution in [3.8, 4) is 6.07 Å². The first-order chi connectivity index (χ1) is 13.4. The molecule has 0 spiro atoms. The third kappa shape index (κ3) is 2.30. The molecule has 4 rings (SSSR count). The number of amides is 1. The molecule has 10 heteroatoms. The number of primary amides is 1. The molecule has 0 aromatic carbocycles. The average molecular weight is 387 g/mol. The predicted molar refractivity (Wildman–Crippen MR) is 94.2 cm³/mol. The Morgan fingerprint density at radius 2 is 2.21 bits per heavy atom. The van der Waals surface area contributed by atoms with Crippen LogP contribution in [-0.4, -0.2) is 67.2 Å². The zero-order chi connectivity index (χ0) is 20.2. The second kappa shape index (κ2) is 6.32. The van der Waals surface area contributed by atoms with Gasteiger partial charge in [-0.3, -0.25) is 9.59 Å². The number of hydrogen-bond donors (Lipinski definition) is 3. The second-order valence-corrected chi connectivity index (χ2v) is 7.26. The van der Waals surface area contributed by atoms with E-state index in [4.69, 9.17) is 20.5 Å². The maximum absolute atomic E-state index is 13.3. The summed E-state index contributed by atoms with van der Waals surface area (Å²) < 4.78 is 10.9. The molecule has 148 valence electrons. The van der Waals surface area contributed by atoms with Gasteiger partial charge in [-0.25, -0.2) is 4.79 Å². The van der Waals surface area contributed by atoms with Gasteiger partial charge in [0, 0.05) is 37.4 Å². The minimum Gasteiger partial charge on any atom is -0.449 e. The zero-order valence-corrected chi connectivity index (χ0v) is 15.6. The van der Waals surface area contributed by atoms with E-state index in [2.05, 4.69) is 10.6 Å². The number of methoxy groups -OCH3 is 1. The van der Waals surface area contributed by atoms with Crippen LogP contribution in [0.3, 0.4) is 0 Å². The third-order valence-electron chi connectivity index (χ3n) is 5.97. The van der Waals surface area contributed by atoms with Crippen molar-refractivity contribution in [3.63, 3.8) is 0 Å². The lowest BCUT2D eigenvalue weighted by atomic mass is 9.82. The molecule has 4 aliphatic rings. The van der Waals surface area contributed by atoms with Gasteiger partial charge in [0.15, 0.2) is 5.72 Å². The number of nitrogens with one attached hydrogen (secondary N) is 2. The first-order valence-corrected chi connectivity index (χ1v) is 9.04. The number of nitriles is 1. The largest absolute Gasteiger partial charge is 0.449 e. The van der Waals surface area contributed by atoms with Crippen molar-refractivity contribution in [3.05, 3.63) is 22.5 Å². The molecule has 1 aliphatic carbocycles. The van der Waals surface area contributed by atoms with Crippen molar-refractivity contribution in [2.75, 3.05) is 26.8 Å². The lowest BCUT2D eigenvalue weighted by molar-refractivity contribution is -0.137. The Balaban J connectivity index is 1.76. The van der Waals surface area contributed by atoms with Crippen molar-refractivity contribution < 1.29 is 23.9 Å². The fourth-order valence-electron chi connectivity index (χ4n) is 4.75. The zero-order valence-electron chi connectivity index (χ0n) is 15.6. The fraction of sp³-hybridized carbons (Fsp3) is 0.556. The molecule has 0 bridgehead atoms. The lowest BCUT2D eigenvalue weighted by Gasteiger charge is -2.39. The number of carbonyl (C=O) groups excluding carboxylic acids is 3. The number of nitrogens with zero attached hydrogens (tertiary/aromatic N) is 2. The number of rotatable bonds is 6. The van der Waals surface area contributed by atoms with Gasteiger partial charge in [-0.2, -0.15) is 5.26 Å². The Hall–Kier alpha value is -2.90. The molecule has 4 unspecified atom stereocenters. The molecule has 1 amide bonds. The maximum atomic E-state index is 13.3. The highest BCUT2D eigenvalue weighted by Gasteiger charge is 2.72.